The Bertz CT molecular complexity index is 696. The van der Waals surface area contributed by atoms with Crippen molar-refractivity contribution in [2.24, 2.45) is 0 Å². The molecule has 0 bridgehead atoms. The molecule has 1 aromatic carbocycles. The molecule has 0 saturated carbocycles. The fraction of sp³-hybridized carbons (Fsp3) is 0.286. The van der Waals surface area contributed by atoms with Crippen molar-refractivity contribution in [3.8, 4) is 0 Å². The second kappa shape index (κ2) is 6.61. The molecule has 3 N–H and O–H groups in total. The fourth-order valence-corrected chi connectivity index (χ4v) is 2.49. The number of carbonyl (C=O) groups is 2. The largest absolute Gasteiger partial charge is 0.336 e. The highest BCUT2D eigenvalue weighted by Crippen LogP contribution is 2.22. The molecule has 0 aliphatic heterocycles. The van der Waals surface area contributed by atoms with Gasteiger partial charge in [0.2, 0.25) is 11.1 Å². The molecule has 1 heterocycles. The van der Waals surface area contributed by atoms with Crippen molar-refractivity contribution in [3.05, 3.63) is 35.7 Å². The van der Waals surface area contributed by atoms with Crippen LogP contribution < -0.4 is 11.2 Å². The summed E-state index contributed by atoms with van der Waals surface area (Å²) in [5.74, 6) is 6.14. The van der Waals surface area contributed by atoms with Crippen molar-refractivity contribution in [1.29, 1.82) is 0 Å². The quantitative estimate of drug-likeness (QED) is 0.493. The number of nitrogens with two attached hydrogens (primary N) is 1. The third kappa shape index (κ3) is 3.64. The van der Waals surface area contributed by atoms with Gasteiger partial charge in [0.05, 0.1) is 5.25 Å². The second-order valence-corrected chi connectivity index (χ2v) is 6.09. The molecule has 0 unspecified atom stereocenters. The van der Waals surface area contributed by atoms with Crippen LogP contribution in [0, 0.1) is 6.92 Å². The zero-order chi connectivity index (χ0) is 16.3. The lowest BCUT2D eigenvalue weighted by Crippen LogP contribution is -2.23. The molecule has 2 rings (SSSR count). The van der Waals surface area contributed by atoms with Crippen molar-refractivity contribution < 1.29 is 9.59 Å². The Hall–Kier alpha value is -2.35. The molecule has 22 heavy (non-hydrogen) atoms. The van der Waals surface area contributed by atoms with Gasteiger partial charge in [0.15, 0.2) is 5.78 Å². The average molecular weight is 319 g/mol. The molecular weight excluding hydrogens is 302 g/mol. The number of anilines is 1. The van der Waals surface area contributed by atoms with E-state index in [1.807, 2.05) is 0 Å². The number of nitrogens with zero attached hydrogens (tertiary/aromatic N) is 3. The molecular formula is C14H17N5O2S. The number of amides is 1. The number of nitrogens with one attached hydrogen (secondary N) is 1. The van der Waals surface area contributed by atoms with Gasteiger partial charge in [-0.2, -0.15) is 0 Å². The van der Waals surface area contributed by atoms with E-state index in [2.05, 4.69) is 15.5 Å². The van der Waals surface area contributed by atoms with Crippen LogP contribution in [-0.2, 0) is 4.79 Å². The third-order valence-electron chi connectivity index (χ3n) is 3.05. The lowest BCUT2D eigenvalue weighted by Gasteiger charge is -2.11. The highest BCUT2D eigenvalue weighted by molar-refractivity contribution is 8.00. The predicted molar refractivity (Wildman–Crippen MR) is 85.3 cm³/mol. The highest BCUT2D eigenvalue weighted by atomic mass is 32.2. The number of benzene rings is 1. The van der Waals surface area contributed by atoms with E-state index in [0.717, 1.165) is 0 Å². The fourth-order valence-electron chi connectivity index (χ4n) is 1.67. The first-order chi connectivity index (χ1) is 10.4. The molecule has 0 spiro atoms. The van der Waals surface area contributed by atoms with Gasteiger partial charge in [-0.3, -0.25) is 9.59 Å². The van der Waals surface area contributed by atoms with Crippen molar-refractivity contribution in [2.75, 3.05) is 11.2 Å². The molecule has 0 saturated heterocycles. The maximum absolute atomic E-state index is 12.2. The summed E-state index contributed by atoms with van der Waals surface area (Å²) in [4.78, 5) is 23.4. The molecule has 7 nitrogen and oxygen atoms in total. The Morgan fingerprint density at radius 2 is 1.91 bits per heavy atom. The first-order valence-corrected chi connectivity index (χ1v) is 7.52. The zero-order valence-corrected chi connectivity index (χ0v) is 13.3. The van der Waals surface area contributed by atoms with E-state index in [-0.39, 0.29) is 11.7 Å². The van der Waals surface area contributed by atoms with Crippen molar-refractivity contribution in [2.45, 2.75) is 31.2 Å². The van der Waals surface area contributed by atoms with Gasteiger partial charge < -0.3 is 11.2 Å². The van der Waals surface area contributed by atoms with Gasteiger partial charge in [0, 0.05) is 11.3 Å². The second-order valence-electron chi connectivity index (χ2n) is 4.78. The van der Waals surface area contributed by atoms with Gasteiger partial charge in [0.1, 0.15) is 5.82 Å². The minimum atomic E-state index is -0.390. The molecule has 2 aromatic rings. The van der Waals surface area contributed by atoms with E-state index in [1.165, 1.54) is 23.4 Å². The molecule has 0 radical (unpaired) electrons. The number of aromatic nitrogens is 3. The first kappa shape index (κ1) is 16.0. The summed E-state index contributed by atoms with van der Waals surface area (Å²) in [5, 5.41) is 10.6. The van der Waals surface area contributed by atoms with Crippen LogP contribution in [0.3, 0.4) is 0 Å². The number of rotatable bonds is 5. The smallest absolute Gasteiger partial charge is 0.237 e. The van der Waals surface area contributed by atoms with E-state index in [9.17, 15) is 9.59 Å². The molecule has 116 valence electrons. The highest BCUT2D eigenvalue weighted by Gasteiger charge is 2.18. The van der Waals surface area contributed by atoms with Crippen LogP contribution in [0.15, 0.2) is 29.4 Å². The molecule has 1 atom stereocenters. The maximum Gasteiger partial charge on any atom is 0.237 e. The number of Topliss-reactive ketones (excluding diaryl/α,β-unsaturated/α-hetero) is 1. The lowest BCUT2D eigenvalue weighted by atomic mass is 10.1. The van der Waals surface area contributed by atoms with E-state index < -0.39 is 5.25 Å². The van der Waals surface area contributed by atoms with Gasteiger partial charge in [-0.1, -0.05) is 11.8 Å². The topological polar surface area (TPSA) is 103 Å². The van der Waals surface area contributed by atoms with Crippen LogP contribution in [0.2, 0.25) is 0 Å². The minimum Gasteiger partial charge on any atom is -0.336 e. The Morgan fingerprint density at radius 1 is 1.27 bits per heavy atom. The maximum atomic E-state index is 12.2. The normalized spacial score (nSPS) is 12.0. The zero-order valence-electron chi connectivity index (χ0n) is 12.5. The van der Waals surface area contributed by atoms with Crippen molar-refractivity contribution in [1.82, 2.24) is 14.9 Å². The van der Waals surface area contributed by atoms with Crippen LogP contribution >= 0.6 is 11.8 Å². The summed E-state index contributed by atoms with van der Waals surface area (Å²) in [6.45, 7) is 4.99. The summed E-state index contributed by atoms with van der Waals surface area (Å²) >= 11 is 1.22. The van der Waals surface area contributed by atoms with Gasteiger partial charge in [-0.15, -0.1) is 10.2 Å². The number of hydrogen-bond donors (Lipinski definition) is 2. The first-order valence-electron chi connectivity index (χ1n) is 6.64. The van der Waals surface area contributed by atoms with Crippen LogP contribution in [-0.4, -0.2) is 31.8 Å². The van der Waals surface area contributed by atoms with Crippen molar-refractivity contribution >= 4 is 29.1 Å². The van der Waals surface area contributed by atoms with E-state index in [1.54, 1.807) is 38.1 Å². The predicted octanol–water partition coefficient (Wildman–Crippen LogP) is 1.62. The van der Waals surface area contributed by atoms with Crippen LogP contribution in [0.1, 0.15) is 30.0 Å². The average Bonchev–Trinajstić information content (AvgIpc) is 2.79. The third-order valence-corrected chi connectivity index (χ3v) is 4.10. The number of hydrogen-bond acceptors (Lipinski definition) is 6. The van der Waals surface area contributed by atoms with E-state index in [0.29, 0.717) is 22.2 Å². The molecule has 0 aliphatic rings. The Morgan fingerprint density at radius 3 is 2.41 bits per heavy atom. The SMILES string of the molecule is CC(=O)c1ccc(NC(=O)[C@@H](C)Sc2nnc(C)n2N)cc1. The molecule has 8 heteroatoms. The monoisotopic (exact) mass is 319 g/mol. The number of thioether (sulfide) groups is 1. The summed E-state index contributed by atoms with van der Waals surface area (Å²) < 4.78 is 1.34. The summed E-state index contributed by atoms with van der Waals surface area (Å²) in [6.07, 6.45) is 0. The van der Waals surface area contributed by atoms with Gasteiger partial charge in [-0.25, -0.2) is 4.68 Å². The van der Waals surface area contributed by atoms with E-state index >= 15 is 0 Å². The molecule has 1 amide bonds. The molecule has 0 fully saturated rings. The van der Waals surface area contributed by atoms with Crippen molar-refractivity contribution in [3.63, 3.8) is 0 Å². The lowest BCUT2D eigenvalue weighted by molar-refractivity contribution is -0.115. The van der Waals surface area contributed by atoms with E-state index in [4.69, 9.17) is 5.84 Å². The molecule has 0 aliphatic carbocycles. The Labute approximate surface area is 132 Å². The minimum absolute atomic E-state index is 0.0144. The molecule has 1 aromatic heterocycles. The van der Waals surface area contributed by atoms with Crippen LogP contribution in [0.25, 0.3) is 0 Å². The van der Waals surface area contributed by atoms with Crippen LogP contribution in [0.4, 0.5) is 5.69 Å². The number of aryl methyl sites for hydroxylation is 1. The van der Waals surface area contributed by atoms with Gasteiger partial charge in [0.25, 0.3) is 0 Å². The number of carbonyl (C=O) groups excluding carboxylic acids is 2. The Kier molecular flexibility index (Phi) is 4.81. The number of nitrogen functional groups attached to an aromatic ring is 1. The summed E-state index contributed by atoms with van der Waals surface area (Å²) in [6, 6.07) is 6.74. The van der Waals surface area contributed by atoms with Crippen LogP contribution in [0.5, 0.6) is 0 Å². The standard InChI is InChI=1S/C14H17N5O2S/c1-8(20)11-4-6-12(7-5-11)16-13(21)9(2)22-14-18-17-10(3)19(14)15/h4-7,9H,15H2,1-3H3,(H,16,21)/t9-/m1/s1. The summed E-state index contributed by atoms with van der Waals surface area (Å²) in [5.41, 5.74) is 1.24. The van der Waals surface area contributed by atoms with Gasteiger partial charge >= 0.3 is 0 Å². The summed E-state index contributed by atoms with van der Waals surface area (Å²) in [7, 11) is 0. The Balaban J connectivity index is 1.99. The number of ketones is 1. The van der Waals surface area contributed by atoms with Gasteiger partial charge in [-0.05, 0) is 45.0 Å².